The van der Waals surface area contributed by atoms with E-state index in [9.17, 15) is 9.18 Å². The van der Waals surface area contributed by atoms with Gasteiger partial charge in [0.05, 0.1) is 25.5 Å². The molecular formula is C21H23FN4O3. The maximum atomic E-state index is 13.9. The fourth-order valence-corrected chi connectivity index (χ4v) is 3.70. The van der Waals surface area contributed by atoms with Gasteiger partial charge >= 0.3 is 0 Å². The molecule has 2 heterocycles. The number of methoxy groups -OCH3 is 1. The van der Waals surface area contributed by atoms with E-state index in [-0.39, 0.29) is 11.7 Å². The Balaban J connectivity index is 1.44. The predicted molar refractivity (Wildman–Crippen MR) is 105 cm³/mol. The second-order valence-corrected chi connectivity index (χ2v) is 7.30. The Morgan fingerprint density at radius 2 is 2.31 bits per heavy atom. The molecule has 0 radical (unpaired) electrons. The lowest BCUT2D eigenvalue weighted by molar-refractivity contribution is 0.101. The second-order valence-electron chi connectivity index (χ2n) is 7.30. The van der Waals surface area contributed by atoms with Gasteiger partial charge in [0, 0.05) is 18.2 Å². The van der Waals surface area contributed by atoms with Crippen molar-refractivity contribution >= 4 is 11.6 Å². The number of anilines is 1. The van der Waals surface area contributed by atoms with Gasteiger partial charge < -0.3 is 14.6 Å². The van der Waals surface area contributed by atoms with Gasteiger partial charge in [-0.2, -0.15) is 5.10 Å². The van der Waals surface area contributed by atoms with E-state index in [2.05, 4.69) is 22.5 Å². The zero-order valence-corrected chi connectivity index (χ0v) is 16.4. The van der Waals surface area contributed by atoms with Crippen molar-refractivity contribution in [3.8, 4) is 5.75 Å². The first kappa shape index (κ1) is 19.2. The highest BCUT2D eigenvalue weighted by Crippen LogP contribution is 2.30. The van der Waals surface area contributed by atoms with E-state index in [1.807, 2.05) is 0 Å². The molecule has 0 saturated heterocycles. The molecule has 0 spiro atoms. The van der Waals surface area contributed by atoms with Crippen LogP contribution in [0.15, 0.2) is 35.1 Å². The van der Waals surface area contributed by atoms with Gasteiger partial charge in [-0.25, -0.2) is 4.39 Å². The average molecular weight is 398 g/mol. The summed E-state index contributed by atoms with van der Waals surface area (Å²) in [5, 5.41) is 11.1. The van der Waals surface area contributed by atoms with Gasteiger partial charge in [0.25, 0.3) is 5.91 Å². The van der Waals surface area contributed by atoms with E-state index >= 15 is 0 Å². The predicted octanol–water partition coefficient (Wildman–Crippen LogP) is 3.83. The number of benzene rings is 1. The van der Waals surface area contributed by atoms with Crippen molar-refractivity contribution in [2.24, 2.45) is 5.92 Å². The number of rotatable bonds is 6. The second kappa shape index (κ2) is 8.06. The largest absolute Gasteiger partial charge is 0.494 e. The zero-order chi connectivity index (χ0) is 20.4. The molecule has 0 fully saturated rings. The summed E-state index contributed by atoms with van der Waals surface area (Å²) in [6, 6.07) is 4.76. The number of ether oxygens (including phenoxy) is 1. The van der Waals surface area contributed by atoms with Gasteiger partial charge in [0.15, 0.2) is 17.3 Å². The van der Waals surface area contributed by atoms with E-state index in [0.717, 1.165) is 42.6 Å². The van der Waals surface area contributed by atoms with Crippen LogP contribution in [0.2, 0.25) is 0 Å². The molecule has 1 aliphatic carbocycles. The van der Waals surface area contributed by atoms with Crippen LogP contribution in [0, 0.1) is 11.7 Å². The van der Waals surface area contributed by atoms with E-state index in [4.69, 9.17) is 9.26 Å². The van der Waals surface area contributed by atoms with Crippen LogP contribution in [0.1, 0.15) is 47.1 Å². The smallest absolute Gasteiger partial charge is 0.278 e. The number of nitrogens with zero attached hydrogens (tertiary/aromatic N) is 3. The third kappa shape index (κ3) is 4.01. The van der Waals surface area contributed by atoms with Crippen LogP contribution in [-0.4, -0.2) is 28.0 Å². The van der Waals surface area contributed by atoms with Crippen molar-refractivity contribution < 1.29 is 18.4 Å². The summed E-state index contributed by atoms with van der Waals surface area (Å²) < 4.78 is 25.8. The lowest BCUT2D eigenvalue weighted by Crippen LogP contribution is -2.18. The van der Waals surface area contributed by atoms with Crippen molar-refractivity contribution in [2.45, 2.75) is 39.2 Å². The van der Waals surface area contributed by atoms with Crippen LogP contribution in [0.25, 0.3) is 0 Å². The minimum atomic E-state index is -0.424. The summed E-state index contributed by atoms with van der Waals surface area (Å²) in [4.78, 5) is 12.7. The van der Waals surface area contributed by atoms with Crippen molar-refractivity contribution in [1.29, 1.82) is 0 Å². The van der Waals surface area contributed by atoms with Crippen LogP contribution in [0.4, 0.5) is 10.1 Å². The number of carbonyl (C=O) groups excluding carboxylic acids is 1. The molecular weight excluding hydrogens is 375 g/mol. The van der Waals surface area contributed by atoms with E-state index in [1.165, 1.54) is 13.2 Å². The number of hydrogen-bond acceptors (Lipinski definition) is 5. The highest BCUT2D eigenvalue weighted by molar-refractivity contribution is 6.03. The minimum absolute atomic E-state index is 0.198. The SMILES string of the molecule is CCC1CCc2onc(C(=O)Nc3cnn(Cc4ccc(OC)c(F)c4)c3)c2C1. The summed E-state index contributed by atoms with van der Waals surface area (Å²) in [5.41, 5.74) is 2.55. The van der Waals surface area contributed by atoms with Crippen molar-refractivity contribution in [1.82, 2.24) is 14.9 Å². The number of fused-ring (bicyclic) bond motifs is 1. The Kier molecular flexibility index (Phi) is 5.33. The molecule has 0 saturated carbocycles. The first-order valence-electron chi connectivity index (χ1n) is 9.71. The molecule has 8 heteroatoms. The molecule has 1 aliphatic rings. The number of amides is 1. The Hall–Kier alpha value is -3.16. The third-order valence-corrected chi connectivity index (χ3v) is 5.39. The van der Waals surface area contributed by atoms with Crippen molar-refractivity contribution in [3.05, 3.63) is 59.0 Å². The quantitative estimate of drug-likeness (QED) is 0.682. The summed E-state index contributed by atoms with van der Waals surface area (Å²) >= 11 is 0. The lowest BCUT2D eigenvalue weighted by Gasteiger charge is -2.19. The van der Waals surface area contributed by atoms with Crippen LogP contribution < -0.4 is 10.1 Å². The maximum Gasteiger partial charge on any atom is 0.278 e. The summed E-state index contributed by atoms with van der Waals surface area (Å²) in [6.07, 6.45) is 7.04. The van der Waals surface area contributed by atoms with Gasteiger partial charge in [0.2, 0.25) is 0 Å². The molecule has 1 aromatic carbocycles. The molecule has 1 amide bonds. The van der Waals surface area contributed by atoms with Crippen LogP contribution >= 0.6 is 0 Å². The summed E-state index contributed by atoms with van der Waals surface area (Å²) in [6.45, 7) is 2.53. The van der Waals surface area contributed by atoms with Crippen LogP contribution in [-0.2, 0) is 19.4 Å². The van der Waals surface area contributed by atoms with Gasteiger partial charge in [-0.15, -0.1) is 0 Å². The Labute approximate surface area is 167 Å². The fraction of sp³-hybridized carbons (Fsp3) is 0.381. The number of aromatic nitrogens is 3. The van der Waals surface area contributed by atoms with E-state index in [0.29, 0.717) is 23.8 Å². The van der Waals surface area contributed by atoms with Crippen LogP contribution in [0.3, 0.4) is 0 Å². The molecule has 1 atom stereocenters. The van der Waals surface area contributed by atoms with Crippen molar-refractivity contribution in [2.75, 3.05) is 12.4 Å². The molecule has 0 aliphatic heterocycles. The summed E-state index contributed by atoms with van der Waals surface area (Å²) in [5.74, 6) is 0.843. The highest BCUT2D eigenvalue weighted by atomic mass is 19.1. The standard InChI is InChI=1S/C21H23FN4O3/c1-3-13-4-6-18-16(8-13)20(25-29-18)21(27)24-15-10-23-26(12-15)11-14-5-7-19(28-2)17(22)9-14/h5,7,9-10,12-13H,3-4,6,8,11H2,1-2H3,(H,24,27). The van der Waals surface area contributed by atoms with Crippen LogP contribution in [0.5, 0.6) is 5.75 Å². The molecule has 1 N–H and O–H groups in total. The average Bonchev–Trinajstić information content (AvgIpc) is 3.34. The zero-order valence-electron chi connectivity index (χ0n) is 16.4. The van der Waals surface area contributed by atoms with Gasteiger partial charge in [-0.1, -0.05) is 24.6 Å². The Morgan fingerprint density at radius 1 is 1.45 bits per heavy atom. The molecule has 29 heavy (non-hydrogen) atoms. The first-order chi connectivity index (χ1) is 14.1. The molecule has 3 aromatic rings. The van der Waals surface area contributed by atoms with Gasteiger partial charge in [-0.05, 0) is 36.5 Å². The molecule has 152 valence electrons. The van der Waals surface area contributed by atoms with E-state index < -0.39 is 5.82 Å². The monoisotopic (exact) mass is 398 g/mol. The highest BCUT2D eigenvalue weighted by Gasteiger charge is 2.28. The number of carbonyl (C=O) groups is 1. The van der Waals surface area contributed by atoms with Gasteiger partial charge in [-0.3, -0.25) is 9.48 Å². The first-order valence-corrected chi connectivity index (χ1v) is 9.71. The molecule has 4 rings (SSSR count). The minimum Gasteiger partial charge on any atom is -0.494 e. The number of hydrogen-bond donors (Lipinski definition) is 1. The van der Waals surface area contributed by atoms with E-state index in [1.54, 1.807) is 29.2 Å². The molecule has 7 nitrogen and oxygen atoms in total. The van der Waals surface area contributed by atoms with Gasteiger partial charge in [0.1, 0.15) is 5.76 Å². The number of nitrogens with one attached hydrogen (secondary N) is 1. The summed E-state index contributed by atoms with van der Waals surface area (Å²) in [7, 11) is 1.43. The Bertz CT molecular complexity index is 1030. The normalized spacial score (nSPS) is 15.8. The third-order valence-electron chi connectivity index (χ3n) is 5.39. The fourth-order valence-electron chi connectivity index (χ4n) is 3.70. The lowest BCUT2D eigenvalue weighted by atomic mass is 9.85. The molecule has 0 bridgehead atoms. The number of aryl methyl sites for hydroxylation is 1. The molecule has 1 unspecified atom stereocenters. The topological polar surface area (TPSA) is 82.2 Å². The van der Waals surface area contributed by atoms with Crippen molar-refractivity contribution in [3.63, 3.8) is 0 Å². The Morgan fingerprint density at radius 3 is 3.07 bits per heavy atom. The molecule has 2 aromatic heterocycles. The maximum absolute atomic E-state index is 13.9. The number of halogens is 1.